The molecule has 5 nitrogen and oxygen atoms in total. The summed E-state index contributed by atoms with van der Waals surface area (Å²) in [6.45, 7) is 3.31. The molecule has 2 aromatic heterocycles. The monoisotopic (exact) mass is 438 g/mol. The predicted octanol–water partition coefficient (Wildman–Crippen LogP) is 5.16. The van der Waals surface area contributed by atoms with Gasteiger partial charge in [0.1, 0.15) is 16.5 Å². The summed E-state index contributed by atoms with van der Waals surface area (Å²) in [6, 6.07) is 14.9. The van der Waals surface area contributed by atoms with Gasteiger partial charge < -0.3 is 15.4 Å². The quantitative estimate of drug-likeness (QED) is 0.477. The molecule has 4 aromatic rings. The summed E-state index contributed by atoms with van der Waals surface area (Å²) in [7, 11) is 0. The number of rotatable bonds is 4. The van der Waals surface area contributed by atoms with Gasteiger partial charge in [-0.15, -0.1) is 22.7 Å². The fourth-order valence-electron chi connectivity index (χ4n) is 3.46. The summed E-state index contributed by atoms with van der Waals surface area (Å²) in [5, 5.41) is 3.22. The Labute approximate surface area is 181 Å². The fraction of sp³-hybridized carbons (Fsp3) is 0.182. The van der Waals surface area contributed by atoms with E-state index >= 15 is 0 Å². The number of halogens is 1. The zero-order valence-electron chi connectivity index (χ0n) is 16.0. The molecule has 0 bridgehead atoms. The third-order valence-corrected chi connectivity index (χ3v) is 6.79. The average molecular weight is 439 g/mol. The third kappa shape index (κ3) is 3.81. The van der Waals surface area contributed by atoms with Crippen LogP contribution in [0.3, 0.4) is 0 Å². The van der Waals surface area contributed by atoms with Gasteiger partial charge in [-0.1, -0.05) is 12.1 Å². The summed E-state index contributed by atoms with van der Waals surface area (Å²) >= 11 is 2.96. The van der Waals surface area contributed by atoms with Gasteiger partial charge in [-0.3, -0.25) is 0 Å². The zero-order valence-corrected chi connectivity index (χ0v) is 17.7. The molecule has 0 atom stereocenters. The highest BCUT2D eigenvalue weighted by Gasteiger charge is 2.18. The van der Waals surface area contributed by atoms with Gasteiger partial charge in [0.15, 0.2) is 5.13 Å². The summed E-state index contributed by atoms with van der Waals surface area (Å²) < 4.78 is 18.9. The van der Waals surface area contributed by atoms with Gasteiger partial charge in [0, 0.05) is 29.7 Å². The Kier molecular flexibility index (Phi) is 5.20. The molecular weight excluding hydrogens is 419 g/mol. The summed E-state index contributed by atoms with van der Waals surface area (Å²) in [6.07, 6.45) is 0. The van der Waals surface area contributed by atoms with E-state index in [2.05, 4.69) is 34.1 Å². The van der Waals surface area contributed by atoms with Gasteiger partial charge in [-0.05, 0) is 42.0 Å². The second-order valence-corrected chi connectivity index (χ2v) is 8.81. The number of hydrogen-bond donors (Lipinski definition) is 1. The standard InChI is InChI=1S/C22H19FN4OS2/c23-16-5-1-14(2-6-16)19-20(30-21(26-19)18-13-29-22(24)25-18)15-3-7-17(8-4-15)27-9-11-28-12-10-27/h1-8,13H,9-12H2,(H2,24,25). The second kappa shape index (κ2) is 8.14. The van der Waals surface area contributed by atoms with E-state index in [0.717, 1.165) is 58.7 Å². The Balaban J connectivity index is 1.55. The maximum absolute atomic E-state index is 13.5. The van der Waals surface area contributed by atoms with Crippen LogP contribution in [0.4, 0.5) is 15.2 Å². The van der Waals surface area contributed by atoms with Crippen molar-refractivity contribution in [3.8, 4) is 32.4 Å². The lowest BCUT2D eigenvalue weighted by molar-refractivity contribution is 0.122. The van der Waals surface area contributed by atoms with Crippen LogP contribution in [0.15, 0.2) is 53.9 Å². The molecule has 152 valence electrons. The number of aromatic nitrogens is 2. The van der Waals surface area contributed by atoms with Crippen molar-refractivity contribution >= 4 is 33.5 Å². The van der Waals surface area contributed by atoms with Crippen LogP contribution in [-0.4, -0.2) is 36.3 Å². The topological polar surface area (TPSA) is 64.3 Å². The Morgan fingerprint density at radius 2 is 1.63 bits per heavy atom. The van der Waals surface area contributed by atoms with Crippen LogP contribution >= 0.6 is 22.7 Å². The SMILES string of the molecule is Nc1nc(-c2nc(-c3ccc(F)cc3)c(-c3ccc(N4CCOCC4)cc3)s2)cs1. The minimum atomic E-state index is -0.266. The van der Waals surface area contributed by atoms with Gasteiger partial charge in [-0.25, -0.2) is 14.4 Å². The smallest absolute Gasteiger partial charge is 0.180 e. The van der Waals surface area contributed by atoms with Gasteiger partial charge in [0.2, 0.25) is 0 Å². The van der Waals surface area contributed by atoms with Crippen molar-refractivity contribution < 1.29 is 9.13 Å². The van der Waals surface area contributed by atoms with Crippen LogP contribution in [0.2, 0.25) is 0 Å². The Morgan fingerprint density at radius 3 is 2.30 bits per heavy atom. The maximum atomic E-state index is 13.5. The van der Waals surface area contributed by atoms with Gasteiger partial charge in [0.05, 0.1) is 23.8 Å². The molecule has 1 aliphatic heterocycles. The highest BCUT2D eigenvalue weighted by molar-refractivity contribution is 7.19. The molecule has 2 N–H and O–H groups in total. The Hall–Kier alpha value is -2.81. The van der Waals surface area contributed by atoms with E-state index in [9.17, 15) is 4.39 Å². The zero-order chi connectivity index (χ0) is 20.5. The van der Waals surface area contributed by atoms with E-state index in [0.29, 0.717) is 5.13 Å². The molecule has 2 aromatic carbocycles. The van der Waals surface area contributed by atoms with E-state index in [1.54, 1.807) is 23.5 Å². The maximum Gasteiger partial charge on any atom is 0.180 e. The highest BCUT2D eigenvalue weighted by Crippen LogP contribution is 2.41. The predicted molar refractivity (Wildman–Crippen MR) is 121 cm³/mol. The van der Waals surface area contributed by atoms with Crippen molar-refractivity contribution in [1.29, 1.82) is 0 Å². The van der Waals surface area contributed by atoms with Crippen molar-refractivity contribution in [2.75, 3.05) is 36.9 Å². The first-order valence-corrected chi connectivity index (χ1v) is 11.3. The number of nitrogens with two attached hydrogens (primary N) is 1. The largest absolute Gasteiger partial charge is 0.378 e. The molecular formula is C22H19FN4OS2. The van der Waals surface area contributed by atoms with Crippen molar-refractivity contribution in [1.82, 2.24) is 9.97 Å². The first-order valence-electron chi connectivity index (χ1n) is 9.58. The van der Waals surface area contributed by atoms with Crippen LogP contribution in [-0.2, 0) is 4.74 Å². The lowest BCUT2D eigenvalue weighted by atomic mass is 10.1. The molecule has 8 heteroatoms. The van der Waals surface area contributed by atoms with E-state index in [1.165, 1.54) is 29.2 Å². The van der Waals surface area contributed by atoms with E-state index in [1.807, 2.05) is 5.38 Å². The first kappa shape index (κ1) is 19.2. The molecule has 1 saturated heterocycles. The van der Waals surface area contributed by atoms with Crippen LogP contribution in [0.1, 0.15) is 0 Å². The minimum absolute atomic E-state index is 0.266. The van der Waals surface area contributed by atoms with Gasteiger partial charge in [-0.2, -0.15) is 0 Å². The normalized spacial score (nSPS) is 14.2. The van der Waals surface area contributed by atoms with Gasteiger partial charge >= 0.3 is 0 Å². The molecule has 0 radical (unpaired) electrons. The highest BCUT2D eigenvalue weighted by atomic mass is 32.1. The van der Waals surface area contributed by atoms with Gasteiger partial charge in [0.25, 0.3) is 0 Å². The molecule has 0 saturated carbocycles. The number of thiazole rings is 2. The molecule has 0 aliphatic carbocycles. The van der Waals surface area contributed by atoms with Crippen LogP contribution < -0.4 is 10.6 Å². The van der Waals surface area contributed by atoms with Crippen molar-refractivity contribution in [2.24, 2.45) is 0 Å². The summed E-state index contributed by atoms with van der Waals surface area (Å²) in [5.41, 5.74) is 10.5. The number of anilines is 2. The molecule has 1 aliphatic rings. The molecule has 30 heavy (non-hydrogen) atoms. The van der Waals surface area contributed by atoms with Crippen LogP contribution in [0.25, 0.3) is 32.4 Å². The Bertz CT molecular complexity index is 1150. The number of ether oxygens (including phenoxy) is 1. The third-order valence-electron chi connectivity index (χ3n) is 4.99. The number of benzene rings is 2. The first-order chi connectivity index (χ1) is 14.7. The molecule has 0 unspecified atom stereocenters. The molecule has 0 amide bonds. The number of nitrogens with zero attached hydrogens (tertiary/aromatic N) is 3. The van der Waals surface area contributed by atoms with E-state index in [-0.39, 0.29) is 5.82 Å². The summed E-state index contributed by atoms with van der Waals surface area (Å²) in [5.74, 6) is -0.266. The van der Waals surface area contributed by atoms with E-state index < -0.39 is 0 Å². The number of morpholine rings is 1. The van der Waals surface area contributed by atoms with Crippen molar-refractivity contribution in [3.05, 3.63) is 59.7 Å². The van der Waals surface area contributed by atoms with E-state index in [4.69, 9.17) is 15.5 Å². The Morgan fingerprint density at radius 1 is 0.933 bits per heavy atom. The molecule has 5 rings (SSSR count). The van der Waals surface area contributed by atoms with Crippen molar-refractivity contribution in [3.63, 3.8) is 0 Å². The molecule has 1 fully saturated rings. The van der Waals surface area contributed by atoms with Crippen LogP contribution in [0, 0.1) is 5.82 Å². The fourth-order valence-corrected chi connectivity index (χ4v) is 5.14. The number of hydrogen-bond acceptors (Lipinski definition) is 7. The second-order valence-electron chi connectivity index (χ2n) is 6.92. The number of nitrogen functional groups attached to an aromatic ring is 1. The lowest BCUT2D eigenvalue weighted by Crippen LogP contribution is -2.36. The van der Waals surface area contributed by atoms with Crippen LogP contribution in [0.5, 0.6) is 0 Å². The molecule has 3 heterocycles. The lowest BCUT2D eigenvalue weighted by Gasteiger charge is -2.28. The minimum Gasteiger partial charge on any atom is -0.378 e. The summed E-state index contributed by atoms with van der Waals surface area (Å²) in [4.78, 5) is 12.6. The van der Waals surface area contributed by atoms with Crippen molar-refractivity contribution in [2.45, 2.75) is 0 Å². The average Bonchev–Trinajstić information content (AvgIpc) is 3.42. The molecule has 0 spiro atoms.